The highest BCUT2D eigenvalue weighted by Gasteiger charge is 2.20. The van der Waals surface area contributed by atoms with Gasteiger partial charge in [-0.15, -0.1) is 0 Å². The molecule has 1 aromatic heterocycles. The summed E-state index contributed by atoms with van der Waals surface area (Å²) in [6.45, 7) is 0.350. The van der Waals surface area contributed by atoms with Gasteiger partial charge in [-0.2, -0.15) is 0 Å². The van der Waals surface area contributed by atoms with Gasteiger partial charge in [-0.25, -0.2) is 9.37 Å². The molecule has 0 atom stereocenters. The second kappa shape index (κ2) is 5.91. The zero-order valence-corrected chi connectivity index (χ0v) is 11.5. The first-order chi connectivity index (χ1) is 10.2. The lowest BCUT2D eigenvalue weighted by Gasteiger charge is -2.07. The molecule has 1 aliphatic rings. The van der Waals surface area contributed by atoms with E-state index in [4.69, 9.17) is 0 Å². The minimum atomic E-state index is -0.287. The minimum absolute atomic E-state index is 0.239. The second-order valence-electron chi connectivity index (χ2n) is 5.16. The second-order valence-corrected chi connectivity index (χ2v) is 5.16. The third-order valence-corrected chi connectivity index (χ3v) is 3.31. The Morgan fingerprint density at radius 2 is 1.95 bits per heavy atom. The molecular formula is C16H16FN3O. The fourth-order valence-corrected chi connectivity index (χ4v) is 1.95. The van der Waals surface area contributed by atoms with Gasteiger partial charge in [-0.3, -0.25) is 4.79 Å². The molecule has 1 saturated carbocycles. The van der Waals surface area contributed by atoms with Gasteiger partial charge in [0.1, 0.15) is 11.5 Å². The van der Waals surface area contributed by atoms with Crippen LogP contribution in [0.2, 0.25) is 0 Å². The van der Waals surface area contributed by atoms with Crippen LogP contribution in [0.1, 0.15) is 28.9 Å². The third kappa shape index (κ3) is 3.78. The summed E-state index contributed by atoms with van der Waals surface area (Å²) in [7, 11) is 0. The van der Waals surface area contributed by atoms with Gasteiger partial charge in [0.25, 0.3) is 5.91 Å². The summed E-state index contributed by atoms with van der Waals surface area (Å²) in [6.07, 6.45) is 4.06. The van der Waals surface area contributed by atoms with Crippen molar-refractivity contribution in [1.29, 1.82) is 0 Å². The number of carbonyl (C=O) groups is 1. The number of amides is 1. The average molecular weight is 285 g/mol. The zero-order chi connectivity index (χ0) is 14.7. The highest BCUT2D eigenvalue weighted by Crippen LogP contribution is 2.24. The van der Waals surface area contributed by atoms with Gasteiger partial charge in [0.05, 0.1) is 11.9 Å². The molecule has 0 aliphatic heterocycles. The van der Waals surface area contributed by atoms with Crippen molar-refractivity contribution in [3.8, 4) is 0 Å². The molecule has 21 heavy (non-hydrogen) atoms. The van der Waals surface area contributed by atoms with Crippen molar-refractivity contribution in [3.05, 3.63) is 59.7 Å². The maximum Gasteiger partial charge on any atom is 0.270 e. The SMILES string of the molecule is O=C(NCc1ccc(F)cc1)c1ccc(NC2CC2)cn1. The van der Waals surface area contributed by atoms with E-state index in [1.807, 2.05) is 6.07 Å². The average Bonchev–Trinajstić information content (AvgIpc) is 3.31. The number of anilines is 1. The Morgan fingerprint density at radius 1 is 1.19 bits per heavy atom. The minimum Gasteiger partial charge on any atom is -0.381 e. The molecule has 1 aromatic carbocycles. The van der Waals surface area contributed by atoms with Crippen LogP contribution in [0.3, 0.4) is 0 Å². The Balaban J connectivity index is 1.55. The van der Waals surface area contributed by atoms with E-state index in [9.17, 15) is 9.18 Å². The van der Waals surface area contributed by atoms with Gasteiger partial charge in [-0.1, -0.05) is 12.1 Å². The van der Waals surface area contributed by atoms with Crippen LogP contribution < -0.4 is 10.6 Å². The highest BCUT2D eigenvalue weighted by atomic mass is 19.1. The van der Waals surface area contributed by atoms with Crippen LogP contribution in [0, 0.1) is 5.82 Å². The molecule has 108 valence electrons. The fourth-order valence-electron chi connectivity index (χ4n) is 1.95. The molecule has 0 radical (unpaired) electrons. The topological polar surface area (TPSA) is 54.0 Å². The van der Waals surface area contributed by atoms with Crippen LogP contribution >= 0.6 is 0 Å². The van der Waals surface area contributed by atoms with Crippen LogP contribution in [-0.2, 0) is 6.54 Å². The maximum atomic E-state index is 12.8. The quantitative estimate of drug-likeness (QED) is 0.888. The first-order valence-electron chi connectivity index (χ1n) is 6.96. The van der Waals surface area contributed by atoms with E-state index in [2.05, 4.69) is 15.6 Å². The van der Waals surface area contributed by atoms with Crippen molar-refractivity contribution in [2.45, 2.75) is 25.4 Å². The lowest BCUT2D eigenvalue weighted by molar-refractivity contribution is 0.0946. The van der Waals surface area contributed by atoms with Crippen molar-refractivity contribution in [2.24, 2.45) is 0 Å². The van der Waals surface area contributed by atoms with E-state index < -0.39 is 0 Å². The normalized spacial score (nSPS) is 13.8. The number of nitrogens with one attached hydrogen (secondary N) is 2. The first kappa shape index (κ1) is 13.5. The van der Waals surface area contributed by atoms with E-state index in [0.717, 1.165) is 11.3 Å². The summed E-state index contributed by atoms with van der Waals surface area (Å²) < 4.78 is 12.8. The number of halogens is 1. The zero-order valence-electron chi connectivity index (χ0n) is 11.5. The number of hydrogen-bond donors (Lipinski definition) is 2. The number of pyridine rings is 1. The molecule has 1 fully saturated rings. The van der Waals surface area contributed by atoms with Crippen LogP contribution in [0.15, 0.2) is 42.6 Å². The molecule has 2 N–H and O–H groups in total. The summed E-state index contributed by atoms with van der Waals surface area (Å²) in [6, 6.07) is 10.2. The smallest absolute Gasteiger partial charge is 0.270 e. The van der Waals surface area contributed by atoms with E-state index in [-0.39, 0.29) is 11.7 Å². The monoisotopic (exact) mass is 285 g/mol. The third-order valence-electron chi connectivity index (χ3n) is 3.31. The predicted molar refractivity (Wildman–Crippen MR) is 78.5 cm³/mol. The summed E-state index contributed by atoms with van der Waals surface area (Å²) >= 11 is 0. The molecule has 2 aromatic rings. The molecule has 1 amide bonds. The highest BCUT2D eigenvalue weighted by molar-refractivity contribution is 5.92. The van der Waals surface area contributed by atoms with Gasteiger partial charge < -0.3 is 10.6 Å². The Hall–Kier alpha value is -2.43. The van der Waals surface area contributed by atoms with Gasteiger partial charge in [0.2, 0.25) is 0 Å². The number of benzene rings is 1. The van der Waals surface area contributed by atoms with Gasteiger partial charge in [0, 0.05) is 12.6 Å². The molecule has 1 aliphatic carbocycles. The van der Waals surface area contributed by atoms with Crippen LogP contribution in [-0.4, -0.2) is 16.9 Å². The molecule has 4 nitrogen and oxygen atoms in total. The van der Waals surface area contributed by atoms with E-state index in [1.165, 1.54) is 25.0 Å². The molecule has 0 spiro atoms. The van der Waals surface area contributed by atoms with Crippen molar-refractivity contribution in [2.75, 3.05) is 5.32 Å². The Morgan fingerprint density at radius 3 is 2.57 bits per heavy atom. The maximum absolute atomic E-state index is 12.8. The van der Waals surface area contributed by atoms with E-state index in [0.29, 0.717) is 18.3 Å². The Bertz CT molecular complexity index is 621. The number of hydrogen-bond acceptors (Lipinski definition) is 3. The molecule has 3 rings (SSSR count). The Labute approximate surface area is 122 Å². The summed E-state index contributed by atoms with van der Waals surface area (Å²) in [4.78, 5) is 16.1. The molecule has 0 unspecified atom stereocenters. The lowest BCUT2D eigenvalue weighted by atomic mass is 10.2. The Kier molecular flexibility index (Phi) is 3.81. The molecule has 5 heteroatoms. The van der Waals surface area contributed by atoms with Crippen LogP contribution in [0.5, 0.6) is 0 Å². The van der Waals surface area contributed by atoms with Crippen LogP contribution in [0.4, 0.5) is 10.1 Å². The molecule has 0 saturated heterocycles. The summed E-state index contributed by atoms with van der Waals surface area (Å²) in [5, 5.41) is 6.08. The number of carbonyl (C=O) groups excluding carboxylic acids is 1. The summed E-state index contributed by atoms with van der Waals surface area (Å²) in [5.74, 6) is -0.525. The number of aromatic nitrogens is 1. The number of rotatable bonds is 5. The van der Waals surface area contributed by atoms with Gasteiger partial charge in [0.15, 0.2) is 0 Å². The predicted octanol–water partition coefficient (Wildman–Crippen LogP) is 2.73. The fraction of sp³-hybridized carbons (Fsp3) is 0.250. The number of nitrogens with zero attached hydrogens (tertiary/aromatic N) is 1. The van der Waals surface area contributed by atoms with Crippen molar-refractivity contribution >= 4 is 11.6 Å². The van der Waals surface area contributed by atoms with Crippen molar-refractivity contribution < 1.29 is 9.18 Å². The van der Waals surface area contributed by atoms with Crippen molar-refractivity contribution in [3.63, 3.8) is 0 Å². The molecular weight excluding hydrogens is 269 g/mol. The first-order valence-corrected chi connectivity index (χ1v) is 6.96. The van der Waals surface area contributed by atoms with Gasteiger partial charge >= 0.3 is 0 Å². The summed E-state index contributed by atoms with van der Waals surface area (Å²) in [5.41, 5.74) is 2.16. The van der Waals surface area contributed by atoms with Crippen LogP contribution in [0.25, 0.3) is 0 Å². The van der Waals surface area contributed by atoms with Gasteiger partial charge in [-0.05, 0) is 42.7 Å². The van der Waals surface area contributed by atoms with E-state index in [1.54, 1.807) is 24.4 Å². The molecule has 0 bridgehead atoms. The standard InChI is InChI=1S/C16H16FN3O/c17-12-3-1-11(2-4-12)9-19-16(21)15-8-7-14(10-18-15)20-13-5-6-13/h1-4,7-8,10,13,20H,5-6,9H2,(H,19,21). The van der Waals surface area contributed by atoms with E-state index >= 15 is 0 Å². The lowest BCUT2D eigenvalue weighted by Crippen LogP contribution is -2.23. The van der Waals surface area contributed by atoms with Crippen molar-refractivity contribution in [1.82, 2.24) is 10.3 Å². The largest absolute Gasteiger partial charge is 0.381 e. The molecule has 1 heterocycles.